The molecule has 0 aliphatic carbocycles. The first-order valence-corrected chi connectivity index (χ1v) is 7.60. The molecular formula is C19H14N2O3. The lowest BCUT2D eigenvalue weighted by Crippen LogP contribution is -2.34. The number of imide groups is 1. The molecule has 2 amide bonds. The van der Waals surface area contributed by atoms with Crippen LogP contribution in [0, 0.1) is 0 Å². The first kappa shape index (κ1) is 14.4. The van der Waals surface area contributed by atoms with Gasteiger partial charge in [-0.3, -0.25) is 19.3 Å². The number of carbonyl (C=O) groups is 3. The summed E-state index contributed by atoms with van der Waals surface area (Å²) in [5, 5.41) is 0.821. The van der Waals surface area contributed by atoms with Gasteiger partial charge in [0.05, 0.1) is 17.7 Å². The van der Waals surface area contributed by atoms with Gasteiger partial charge >= 0.3 is 0 Å². The molecule has 2 aromatic carbocycles. The summed E-state index contributed by atoms with van der Waals surface area (Å²) in [5.74, 6) is -1.07. The summed E-state index contributed by atoms with van der Waals surface area (Å²) >= 11 is 0. The Morgan fingerprint density at radius 1 is 0.917 bits per heavy atom. The fraction of sp³-hybridized carbons (Fsp3) is 0.105. The van der Waals surface area contributed by atoms with Crippen molar-refractivity contribution in [1.82, 2.24) is 9.47 Å². The molecule has 3 aromatic rings. The third-order valence-corrected chi connectivity index (χ3v) is 4.38. The van der Waals surface area contributed by atoms with E-state index in [-0.39, 0.29) is 12.3 Å². The van der Waals surface area contributed by atoms with Gasteiger partial charge in [-0.2, -0.15) is 0 Å². The lowest BCUT2D eigenvalue weighted by Gasteiger charge is -2.12. The van der Waals surface area contributed by atoms with E-state index in [9.17, 15) is 14.4 Å². The van der Waals surface area contributed by atoms with E-state index >= 15 is 0 Å². The van der Waals surface area contributed by atoms with Crippen molar-refractivity contribution in [2.45, 2.75) is 0 Å². The van der Waals surface area contributed by atoms with Crippen molar-refractivity contribution >= 4 is 28.5 Å². The van der Waals surface area contributed by atoms with Crippen LogP contribution in [0.2, 0.25) is 0 Å². The van der Waals surface area contributed by atoms with E-state index in [0.717, 1.165) is 15.8 Å². The molecule has 24 heavy (non-hydrogen) atoms. The van der Waals surface area contributed by atoms with E-state index in [1.54, 1.807) is 30.5 Å². The molecule has 0 radical (unpaired) electrons. The Balaban J connectivity index is 1.68. The zero-order valence-corrected chi connectivity index (χ0v) is 13.0. The van der Waals surface area contributed by atoms with Gasteiger partial charge in [0.25, 0.3) is 11.8 Å². The number of benzene rings is 2. The average molecular weight is 318 g/mol. The number of hydrogen-bond donors (Lipinski definition) is 0. The number of Topliss-reactive ketones (excluding diaryl/α,β-unsaturated/α-hetero) is 1. The average Bonchev–Trinajstić information content (AvgIpc) is 3.06. The van der Waals surface area contributed by atoms with Crippen LogP contribution in [0.3, 0.4) is 0 Å². The summed E-state index contributed by atoms with van der Waals surface area (Å²) in [7, 11) is 1.86. The summed E-state index contributed by atoms with van der Waals surface area (Å²) < 4.78 is 1.87. The number of nitrogens with zero attached hydrogens (tertiary/aromatic N) is 2. The maximum Gasteiger partial charge on any atom is 0.261 e. The third kappa shape index (κ3) is 1.98. The largest absolute Gasteiger partial charge is 0.350 e. The van der Waals surface area contributed by atoms with Crippen LogP contribution in [-0.2, 0) is 7.05 Å². The number of hydrogen-bond acceptors (Lipinski definition) is 3. The highest BCUT2D eigenvalue weighted by Crippen LogP contribution is 2.25. The van der Waals surface area contributed by atoms with E-state index in [1.807, 2.05) is 35.9 Å². The molecular weight excluding hydrogens is 304 g/mol. The molecule has 1 aromatic heterocycles. The molecule has 0 spiro atoms. The standard InChI is InChI=1S/C19H14N2O3/c1-20-10-15(12-6-4-5-9-16(12)20)17(22)11-21-18(23)13-7-2-3-8-14(13)19(21)24/h2-10H,11H2,1H3. The normalized spacial score (nSPS) is 13.6. The van der Waals surface area contributed by atoms with Gasteiger partial charge < -0.3 is 4.57 Å². The first-order valence-electron chi connectivity index (χ1n) is 7.60. The van der Waals surface area contributed by atoms with Gasteiger partial charge in [0.15, 0.2) is 5.78 Å². The fourth-order valence-electron chi connectivity index (χ4n) is 3.18. The highest BCUT2D eigenvalue weighted by molar-refractivity contribution is 6.23. The number of ketones is 1. The number of rotatable bonds is 3. The molecule has 1 aliphatic heterocycles. The second-order valence-electron chi connectivity index (χ2n) is 5.84. The smallest absolute Gasteiger partial charge is 0.261 e. The fourth-order valence-corrected chi connectivity index (χ4v) is 3.18. The maximum atomic E-state index is 12.7. The summed E-state index contributed by atoms with van der Waals surface area (Å²) in [5.41, 5.74) is 2.16. The highest BCUT2D eigenvalue weighted by atomic mass is 16.2. The van der Waals surface area contributed by atoms with Gasteiger partial charge in [-0.15, -0.1) is 0 Å². The number of amides is 2. The Morgan fingerprint density at radius 2 is 1.50 bits per heavy atom. The molecule has 0 atom stereocenters. The molecule has 0 fully saturated rings. The van der Waals surface area contributed by atoms with Crippen LogP contribution in [-0.4, -0.2) is 33.6 Å². The summed E-state index contributed by atoms with van der Waals surface area (Å²) in [6.07, 6.45) is 1.74. The van der Waals surface area contributed by atoms with Crippen molar-refractivity contribution < 1.29 is 14.4 Å². The molecule has 0 saturated carbocycles. The Morgan fingerprint density at radius 3 is 2.17 bits per heavy atom. The number of fused-ring (bicyclic) bond motifs is 2. The minimum Gasteiger partial charge on any atom is -0.350 e. The number of aryl methyl sites for hydroxylation is 1. The van der Waals surface area contributed by atoms with Crippen molar-refractivity contribution in [3.05, 3.63) is 71.4 Å². The van der Waals surface area contributed by atoms with Gasteiger partial charge in [0, 0.05) is 29.7 Å². The minimum absolute atomic E-state index is 0.249. The number of para-hydroxylation sites is 1. The van der Waals surface area contributed by atoms with E-state index in [1.165, 1.54) is 0 Å². The molecule has 0 unspecified atom stereocenters. The van der Waals surface area contributed by atoms with Crippen molar-refractivity contribution in [3.8, 4) is 0 Å². The molecule has 0 saturated heterocycles. The lowest BCUT2D eigenvalue weighted by molar-refractivity contribution is 0.0624. The van der Waals surface area contributed by atoms with Crippen LogP contribution < -0.4 is 0 Å². The summed E-state index contributed by atoms with van der Waals surface area (Å²) in [6.45, 7) is -0.250. The van der Waals surface area contributed by atoms with Gasteiger partial charge in [-0.1, -0.05) is 30.3 Å². The van der Waals surface area contributed by atoms with E-state index < -0.39 is 11.8 Å². The summed E-state index contributed by atoms with van der Waals surface area (Å²) in [6, 6.07) is 14.2. The van der Waals surface area contributed by atoms with Crippen LogP contribution in [0.25, 0.3) is 10.9 Å². The molecule has 5 heteroatoms. The van der Waals surface area contributed by atoms with E-state index in [2.05, 4.69) is 0 Å². The third-order valence-electron chi connectivity index (χ3n) is 4.38. The Kier molecular flexibility index (Phi) is 3.09. The van der Waals surface area contributed by atoms with Gasteiger partial charge in [0.2, 0.25) is 0 Å². The second-order valence-corrected chi connectivity index (χ2v) is 5.84. The Bertz CT molecular complexity index is 981. The predicted octanol–water partition coefficient (Wildman–Crippen LogP) is 2.66. The van der Waals surface area contributed by atoms with Crippen molar-refractivity contribution in [2.24, 2.45) is 7.05 Å². The molecule has 118 valence electrons. The highest BCUT2D eigenvalue weighted by Gasteiger charge is 2.36. The van der Waals surface area contributed by atoms with Crippen LogP contribution in [0.4, 0.5) is 0 Å². The first-order chi connectivity index (χ1) is 11.6. The molecule has 4 rings (SSSR count). The minimum atomic E-state index is -0.413. The Labute approximate surface area is 138 Å². The quantitative estimate of drug-likeness (QED) is 0.551. The SMILES string of the molecule is Cn1cc(C(=O)CN2C(=O)c3ccccc3C2=O)c2ccccc21. The Hall–Kier alpha value is -3.21. The predicted molar refractivity (Wildman–Crippen MR) is 89.1 cm³/mol. The van der Waals surface area contributed by atoms with Crippen LogP contribution >= 0.6 is 0 Å². The van der Waals surface area contributed by atoms with Gasteiger partial charge in [0.1, 0.15) is 0 Å². The lowest BCUT2D eigenvalue weighted by atomic mass is 10.1. The van der Waals surface area contributed by atoms with Crippen LogP contribution in [0.15, 0.2) is 54.7 Å². The number of aromatic nitrogens is 1. The maximum absolute atomic E-state index is 12.7. The zero-order chi connectivity index (χ0) is 16.8. The van der Waals surface area contributed by atoms with E-state index in [4.69, 9.17) is 0 Å². The van der Waals surface area contributed by atoms with Crippen LogP contribution in [0.1, 0.15) is 31.1 Å². The molecule has 5 nitrogen and oxygen atoms in total. The van der Waals surface area contributed by atoms with E-state index in [0.29, 0.717) is 16.7 Å². The zero-order valence-electron chi connectivity index (χ0n) is 13.0. The molecule has 1 aliphatic rings. The van der Waals surface area contributed by atoms with Crippen LogP contribution in [0.5, 0.6) is 0 Å². The topological polar surface area (TPSA) is 59.4 Å². The van der Waals surface area contributed by atoms with Gasteiger partial charge in [-0.05, 0) is 18.2 Å². The molecule has 0 N–H and O–H groups in total. The molecule has 0 bridgehead atoms. The van der Waals surface area contributed by atoms with Crippen molar-refractivity contribution in [3.63, 3.8) is 0 Å². The van der Waals surface area contributed by atoms with Crippen molar-refractivity contribution in [2.75, 3.05) is 6.54 Å². The number of carbonyl (C=O) groups excluding carboxylic acids is 3. The van der Waals surface area contributed by atoms with Gasteiger partial charge in [-0.25, -0.2) is 0 Å². The molecule has 2 heterocycles. The summed E-state index contributed by atoms with van der Waals surface area (Å²) in [4.78, 5) is 38.5. The van der Waals surface area contributed by atoms with Crippen molar-refractivity contribution in [1.29, 1.82) is 0 Å². The monoisotopic (exact) mass is 318 g/mol. The second kappa shape index (κ2) is 5.16.